The van der Waals surface area contributed by atoms with Gasteiger partial charge in [-0.15, -0.1) is 0 Å². The van der Waals surface area contributed by atoms with E-state index in [1.54, 1.807) is 12.1 Å². The van der Waals surface area contributed by atoms with Gasteiger partial charge in [-0.05, 0) is 38.0 Å². The van der Waals surface area contributed by atoms with Crippen LogP contribution < -0.4 is 4.74 Å². The van der Waals surface area contributed by atoms with E-state index in [9.17, 15) is 8.42 Å². The van der Waals surface area contributed by atoms with Crippen molar-refractivity contribution < 1.29 is 13.2 Å². The van der Waals surface area contributed by atoms with Crippen LogP contribution in [0.15, 0.2) is 23.1 Å². The van der Waals surface area contributed by atoms with Gasteiger partial charge in [0.15, 0.2) is 5.82 Å². The topological polar surface area (TPSA) is 77.3 Å². The number of sulfonamides is 1. The summed E-state index contributed by atoms with van der Waals surface area (Å²) in [4.78, 5) is 4.67. The Morgan fingerprint density at radius 2 is 2.04 bits per heavy atom. The van der Waals surface area contributed by atoms with Crippen molar-refractivity contribution >= 4 is 21.6 Å². The zero-order valence-electron chi connectivity index (χ0n) is 14.0. The quantitative estimate of drug-likeness (QED) is 0.812. The van der Waals surface area contributed by atoms with Gasteiger partial charge in [0.25, 0.3) is 0 Å². The van der Waals surface area contributed by atoms with Crippen molar-refractivity contribution in [2.75, 3.05) is 13.7 Å². The molecule has 1 aromatic heterocycles. The Bertz CT molecular complexity index is 923. The number of benzene rings is 1. The summed E-state index contributed by atoms with van der Waals surface area (Å²) in [6.07, 6.45) is 2.22. The Kier molecular flexibility index (Phi) is 4.01. The molecule has 2 aliphatic rings. The van der Waals surface area contributed by atoms with Crippen molar-refractivity contribution in [1.82, 2.24) is 19.1 Å². The van der Waals surface area contributed by atoms with E-state index in [0.717, 1.165) is 18.7 Å². The summed E-state index contributed by atoms with van der Waals surface area (Å²) in [7, 11) is -2.33. The lowest BCUT2D eigenvalue weighted by Gasteiger charge is -2.32. The van der Waals surface area contributed by atoms with Crippen LogP contribution in [0.4, 0.5) is 0 Å². The minimum Gasteiger partial charge on any atom is -0.495 e. The highest BCUT2D eigenvalue weighted by Gasteiger charge is 2.39. The molecule has 7 nitrogen and oxygen atoms in total. The molecule has 2 aromatic rings. The maximum Gasteiger partial charge on any atom is 0.247 e. The minimum atomic E-state index is -3.77. The van der Waals surface area contributed by atoms with Crippen molar-refractivity contribution in [3.8, 4) is 5.75 Å². The third-order valence-electron chi connectivity index (χ3n) is 4.71. The summed E-state index contributed by atoms with van der Waals surface area (Å²) < 4.78 is 35.0. The zero-order chi connectivity index (χ0) is 17.8. The molecule has 0 spiro atoms. The van der Waals surface area contributed by atoms with Gasteiger partial charge in [-0.3, -0.25) is 0 Å². The molecule has 134 valence electrons. The first kappa shape index (κ1) is 16.8. The Morgan fingerprint density at radius 3 is 2.72 bits per heavy atom. The van der Waals surface area contributed by atoms with Crippen LogP contribution in [0.1, 0.15) is 43.4 Å². The summed E-state index contributed by atoms with van der Waals surface area (Å²) in [6.45, 7) is 2.66. The molecule has 4 rings (SSSR count). The lowest BCUT2D eigenvalue weighted by molar-refractivity contribution is 0.264. The summed E-state index contributed by atoms with van der Waals surface area (Å²) in [6, 6.07) is 4.20. The van der Waals surface area contributed by atoms with E-state index in [1.165, 1.54) is 17.5 Å². The predicted octanol–water partition coefficient (Wildman–Crippen LogP) is 2.58. The van der Waals surface area contributed by atoms with Crippen LogP contribution in [0.2, 0.25) is 5.02 Å². The average Bonchev–Trinajstić information content (AvgIpc) is 3.34. The van der Waals surface area contributed by atoms with Crippen LogP contribution in [0.25, 0.3) is 0 Å². The third-order valence-corrected chi connectivity index (χ3v) is 6.94. The van der Waals surface area contributed by atoms with E-state index in [2.05, 4.69) is 10.1 Å². The molecule has 1 saturated carbocycles. The highest BCUT2D eigenvalue weighted by atomic mass is 35.5. The SMILES string of the molecule is COc1ccc(Cl)cc1S(=O)(=O)N1CCn2nc(C3CC3)nc2[C@H]1C. The lowest BCUT2D eigenvalue weighted by Crippen LogP contribution is -2.41. The van der Waals surface area contributed by atoms with E-state index < -0.39 is 16.1 Å². The van der Waals surface area contributed by atoms with Crippen molar-refractivity contribution in [3.63, 3.8) is 0 Å². The molecule has 0 bridgehead atoms. The van der Waals surface area contributed by atoms with Crippen LogP contribution in [-0.2, 0) is 16.6 Å². The van der Waals surface area contributed by atoms with Gasteiger partial charge >= 0.3 is 0 Å². The minimum absolute atomic E-state index is 0.0738. The molecule has 25 heavy (non-hydrogen) atoms. The third kappa shape index (κ3) is 2.82. The predicted molar refractivity (Wildman–Crippen MR) is 92.3 cm³/mol. The molecule has 1 atom stereocenters. The van der Waals surface area contributed by atoms with Crippen molar-refractivity contribution in [1.29, 1.82) is 0 Å². The second-order valence-corrected chi connectivity index (χ2v) is 8.71. The first-order valence-corrected chi connectivity index (χ1v) is 10.0. The van der Waals surface area contributed by atoms with Gasteiger partial charge in [0.05, 0.1) is 19.7 Å². The molecule has 0 saturated heterocycles. The smallest absolute Gasteiger partial charge is 0.247 e. The van der Waals surface area contributed by atoms with Crippen molar-refractivity contribution in [3.05, 3.63) is 34.9 Å². The molecule has 1 aliphatic carbocycles. The number of ether oxygens (including phenoxy) is 1. The Hall–Kier alpha value is -1.64. The Morgan fingerprint density at radius 1 is 1.28 bits per heavy atom. The Balaban J connectivity index is 1.72. The van der Waals surface area contributed by atoms with Crippen LogP contribution in [-0.4, -0.2) is 41.1 Å². The van der Waals surface area contributed by atoms with Gasteiger partial charge in [-0.25, -0.2) is 18.1 Å². The fourth-order valence-corrected chi connectivity index (χ4v) is 5.19. The zero-order valence-corrected chi connectivity index (χ0v) is 15.6. The van der Waals surface area contributed by atoms with E-state index >= 15 is 0 Å². The number of hydrogen-bond donors (Lipinski definition) is 0. The fraction of sp³-hybridized carbons (Fsp3) is 0.500. The van der Waals surface area contributed by atoms with Gasteiger partial charge < -0.3 is 4.74 Å². The lowest BCUT2D eigenvalue weighted by atomic mass is 10.2. The molecule has 0 amide bonds. The van der Waals surface area contributed by atoms with Crippen LogP contribution >= 0.6 is 11.6 Å². The number of nitrogens with zero attached hydrogens (tertiary/aromatic N) is 4. The average molecular weight is 383 g/mol. The number of fused-ring (bicyclic) bond motifs is 1. The van der Waals surface area contributed by atoms with E-state index in [0.29, 0.717) is 29.9 Å². The summed E-state index contributed by atoms with van der Waals surface area (Å²) in [5, 5.41) is 4.89. The molecule has 1 aliphatic heterocycles. The number of methoxy groups -OCH3 is 1. The van der Waals surface area contributed by atoms with Gasteiger partial charge in [0, 0.05) is 17.5 Å². The molecular formula is C16H19ClN4O3S. The maximum absolute atomic E-state index is 13.2. The molecule has 0 unspecified atom stereocenters. The molecule has 9 heteroatoms. The molecule has 0 radical (unpaired) electrons. The second-order valence-electron chi connectivity index (χ2n) is 6.41. The largest absolute Gasteiger partial charge is 0.495 e. The van der Waals surface area contributed by atoms with E-state index in [4.69, 9.17) is 16.3 Å². The van der Waals surface area contributed by atoms with Crippen molar-refractivity contribution in [2.24, 2.45) is 0 Å². The summed E-state index contributed by atoms with van der Waals surface area (Å²) in [5.74, 6) is 2.24. The van der Waals surface area contributed by atoms with Crippen LogP contribution in [0.3, 0.4) is 0 Å². The molecule has 1 fully saturated rings. The maximum atomic E-state index is 13.2. The van der Waals surface area contributed by atoms with Gasteiger partial charge in [-0.2, -0.15) is 9.40 Å². The summed E-state index contributed by atoms with van der Waals surface area (Å²) in [5.41, 5.74) is 0. The fourth-order valence-electron chi connectivity index (χ4n) is 3.18. The number of halogens is 1. The Labute approximate surface area is 151 Å². The number of rotatable bonds is 4. The van der Waals surface area contributed by atoms with Gasteiger partial charge in [-0.1, -0.05) is 11.6 Å². The van der Waals surface area contributed by atoms with Crippen LogP contribution in [0.5, 0.6) is 5.75 Å². The molecule has 1 aromatic carbocycles. The standard InChI is InChI=1S/C16H19ClN4O3S/c1-10-16-18-15(11-3-4-11)19-20(16)7-8-21(10)25(22,23)14-9-12(17)5-6-13(14)24-2/h5-6,9-11H,3-4,7-8H2,1-2H3/t10-/m1/s1. The summed E-state index contributed by atoms with van der Waals surface area (Å²) >= 11 is 6.02. The van der Waals surface area contributed by atoms with E-state index in [1.807, 2.05) is 11.6 Å². The first-order valence-electron chi connectivity index (χ1n) is 8.22. The van der Waals surface area contributed by atoms with E-state index in [-0.39, 0.29) is 10.6 Å². The monoisotopic (exact) mass is 382 g/mol. The highest BCUT2D eigenvalue weighted by Crippen LogP contribution is 2.40. The van der Waals surface area contributed by atoms with Gasteiger partial charge in [0.2, 0.25) is 10.0 Å². The molecule has 0 N–H and O–H groups in total. The van der Waals surface area contributed by atoms with Crippen LogP contribution in [0, 0.1) is 0 Å². The van der Waals surface area contributed by atoms with Gasteiger partial charge in [0.1, 0.15) is 16.5 Å². The highest BCUT2D eigenvalue weighted by molar-refractivity contribution is 7.89. The molecular weight excluding hydrogens is 364 g/mol. The second kappa shape index (κ2) is 5.96. The number of hydrogen-bond acceptors (Lipinski definition) is 5. The van der Waals surface area contributed by atoms with Crippen molar-refractivity contribution in [2.45, 2.75) is 43.2 Å². The number of aromatic nitrogens is 3. The first-order chi connectivity index (χ1) is 11.9. The molecule has 2 heterocycles. The normalized spacial score (nSPS) is 21.2.